The van der Waals surface area contributed by atoms with Crippen LogP contribution in [0, 0.1) is 23.7 Å². The Morgan fingerprint density at radius 3 is 2.02 bits per heavy atom. The van der Waals surface area contributed by atoms with Crippen LogP contribution < -0.4 is 0 Å². The molecule has 0 aliphatic carbocycles. The van der Waals surface area contributed by atoms with Crippen molar-refractivity contribution in [3.63, 3.8) is 0 Å². The average molecular weight is 852 g/mol. The van der Waals surface area contributed by atoms with Crippen molar-refractivity contribution in [1.82, 2.24) is 4.90 Å². The monoisotopic (exact) mass is 851 g/mol. The van der Waals surface area contributed by atoms with E-state index in [1.165, 1.54) is 47.5 Å². The highest BCUT2D eigenvalue weighted by molar-refractivity contribution is 5.91. The fourth-order valence-corrected chi connectivity index (χ4v) is 8.49. The number of cyclic esters (lactones) is 1. The van der Waals surface area contributed by atoms with Gasteiger partial charge in [0, 0.05) is 52.6 Å². The van der Waals surface area contributed by atoms with E-state index in [9.17, 15) is 40.2 Å². The van der Waals surface area contributed by atoms with Gasteiger partial charge < -0.3 is 78.2 Å². The minimum atomic E-state index is -2.05. The van der Waals surface area contributed by atoms with Gasteiger partial charge in [0.2, 0.25) is 0 Å². The van der Waals surface area contributed by atoms with E-state index >= 15 is 0 Å². The number of aliphatic hydroxyl groups is 6. The maximum Gasteiger partial charge on any atom is 0.308 e. The number of aliphatic hydroxyl groups excluding tert-OH is 5. The molecule has 0 aromatic rings. The van der Waals surface area contributed by atoms with Crippen LogP contribution in [0.3, 0.4) is 0 Å². The summed E-state index contributed by atoms with van der Waals surface area (Å²) in [6.07, 6.45) is -12.6. The highest BCUT2D eigenvalue weighted by Crippen LogP contribution is 2.36. The molecular formula is C41H73NO17. The summed E-state index contributed by atoms with van der Waals surface area (Å²) >= 11 is 0. The molecule has 3 heterocycles. The lowest BCUT2D eigenvalue weighted by molar-refractivity contribution is -0.307. The van der Waals surface area contributed by atoms with Gasteiger partial charge in [0.25, 0.3) is 0 Å². The molecule has 3 aliphatic heterocycles. The van der Waals surface area contributed by atoms with E-state index in [1.807, 2.05) is 0 Å². The molecule has 2 saturated heterocycles. The molecule has 3 rings (SSSR count). The van der Waals surface area contributed by atoms with Gasteiger partial charge in [-0.05, 0) is 65.8 Å². The molecule has 0 aromatic heterocycles. The van der Waals surface area contributed by atoms with E-state index in [0.29, 0.717) is 0 Å². The molecule has 18 heteroatoms. The number of rotatable bonds is 13. The molecule has 2 fully saturated rings. The summed E-state index contributed by atoms with van der Waals surface area (Å²) < 4.78 is 52.8. The number of methoxy groups -OCH3 is 4. The van der Waals surface area contributed by atoms with Gasteiger partial charge >= 0.3 is 5.97 Å². The lowest BCUT2D eigenvalue weighted by atomic mass is 9.79. The summed E-state index contributed by atoms with van der Waals surface area (Å²) in [5.41, 5.74) is -2.05. The summed E-state index contributed by atoms with van der Waals surface area (Å²) in [7, 11) is 9.15. The van der Waals surface area contributed by atoms with Crippen LogP contribution in [0.2, 0.25) is 0 Å². The van der Waals surface area contributed by atoms with Crippen LogP contribution >= 0.6 is 0 Å². The van der Waals surface area contributed by atoms with Crippen LogP contribution in [-0.2, 0) is 52.2 Å². The van der Waals surface area contributed by atoms with Crippen LogP contribution in [0.4, 0.5) is 0 Å². The van der Waals surface area contributed by atoms with E-state index in [4.69, 9.17) is 42.6 Å². The smallest absolute Gasteiger partial charge is 0.308 e. The van der Waals surface area contributed by atoms with Crippen molar-refractivity contribution in [1.29, 1.82) is 0 Å². The standard InChI is InChI=1S/C41H73NO17/c1-13-28-25(19-55-40-37(54-12)36(53-11)33(47)23(5)57-40)38(49)41(6,50)15-14-26(43)20(2)16-24(17-30(51-9)52-10)35(21(3)27(44)18-29(45)58-28)59-39-34(48)31(42(7)8)32(46)22(4)56-39/h14-15,20-25,27-28,30-40,44,46-50H,13,16-19H2,1-12H3/b15-14+/t20-,21+,22-,23-,24-,25-,27-,28-,31-,32-,33-,34-,35-,36-,37-,38-,39+,40-,41-/m1/s1. The Bertz CT molecular complexity index is 1320. The fourth-order valence-electron chi connectivity index (χ4n) is 8.49. The Morgan fingerprint density at radius 1 is 0.864 bits per heavy atom. The van der Waals surface area contributed by atoms with Gasteiger partial charge in [-0.2, -0.15) is 0 Å². The van der Waals surface area contributed by atoms with Crippen LogP contribution in [0.1, 0.15) is 67.2 Å². The molecule has 0 radical (unpaired) electrons. The second kappa shape index (κ2) is 23.1. The minimum Gasteiger partial charge on any atom is -0.462 e. The number of esters is 1. The Hall–Kier alpha value is -1.72. The highest BCUT2D eigenvalue weighted by Gasteiger charge is 2.49. The number of hydrogen-bond acceptors (Lipinski definition) is 18. The quantitative estimate of drug-likeness (QED) is 0.107. The fraction of sp³-hybridized carbons (Fsp3) is 0.902. The van der Waals surface area contributed by atoms with Crippen molar-refractivity contribution >= 4 is 11.8 Å². The van der Waals surface area contributed by atoms with Crippen LogP contribution in [0.25, 0.3) is 0 Å². The topological polar surface area (TPSA) is 242 Å². The van der Waals surface area contributed by atoms with Gasteiger partial charge in [-0.15, -0.1) is 0 Å². The molecule has 0 bridgehead atoms. The Balaban J connectivity index is 2.07. The molecule has 3 aliphatic rings. The van der Waals surface area contributed by atoms with Crippen LogP contribution in [0.5, 0.6) is 0 Å². The largest absolute Gasteiger partial charge is 0.462 e. The minimum absolute atomic E-state index is 0.132. The lowest BCUT2D eigenvalue weighted by Gasteiger charge is -2.47. The zero-order valence-corrected chi connectivity index (χ0v) is 36.8. The Morgan fingerprint density at radius 2 is 1.46 bits per heavy atom. The number of carbonyl (C=O) groups excluding carboxylic acids is 2. The first kappa shape index (κ1) is 51.6. The number of ketones is 1. The van der Waals surface area contributed by atoms with Gasteiger partial charge in [0.15, 0.2) is 24.7 Å². The predicted molar refractivity (Wildman–Crippen MR) is 211 cm³/mol. The summed E-state index contributed by atoms with van der Waals surface area (Å²) in [6, 6.07) is -0.771. The zero-order chi connectivity index (χ0) is 44.5. The number of allylic oxidation sites excluding steroid dienone is 1. The second-order valence-electron chi connectivity index (χ2n) is 16.9. The SMILES string of the molecule is CC[C@H]1OC(=O)C[C@@H](O)[C@H](C)[C@@H](O[C@@H]2O[C@H](C)[C@@H](O)[C@@H](N(C)C)[C@H]2O)[C@@H](CC(OC)OC)C[C@@H](C)C(=O)/C=C/[C@@](C)(O)[C@H](O)[C@@H]1CO[C@@H]1O[C@H](C)[C@@H](O)[C@@H](OC)[C@H]1OC. The van der Waals surface area contributed by atoms with Crippen molar-refractivity contribution in [2.75, 3.05) is 49.1 Å². The molecule has 0 aromatic carbocycles. The molecular weight excluding hydrogens is 778 g/mol. The van der Waals surface area contributed by atoms with Crippen molar-refractivity contribution in [2.24, 2.45) is 23.7 Å². The lowest BCUT2D eigenvalue weighted by Crippen LogP contribution is -2.63. The van der Waals surface area contributed by atoms with Gasteiger partial charge in [-0.3, -0.25) is 9.59 Å². The Kier molecular flexibility index (Phi) is 20.2. The van der Waals surface area contributed by atoms with E-state index < -0.39 is 140 Å². The molecule has 0 unspecified atom stereocenters. The maximum absolute atomic E-state index is 13.8. The maximum atomic E-state index is 13.8. The first-order valence-electron chi connectivity index (χ1n) is 20.6. The second-order valence-corrected chi connectivity index (χ2v) is 16.9. The number of ether oxygens (including phenoxy) is 9. The number of likely N-dealkylation sites (N-methyl/N-ethyl adjacent to an activating group) is 1. The van der Waals surface area contributed by atoms with Gasteiger partial charge in [0.1, 0.15) is 36.1 Å². The first-order valence-corrected chi connectivity index (χ1v) is 20.6. The summed E-state index contributed by atoms with van der Waals surface area (Å²) in [5.74, 6) is -4.52. The molecule has 0 saturated carbocycles. The molecule has 0 amide bonds. The number of hydrogen-bond donors (Lipinski definition) is 6. The van der Waals surface area contributed by atoms with Gasteiger partial charge in [-0.1, -0.05) is 20.8 Å². The molecule has 6 N–H and O–H groups in total. The van der Waals surface area contributed by atoms with E-state index in [1.54, 1.807) is 53.6 Å². The molecule has 18 nitrogen and oxygen atoms in total. The third-order valence-electron chi connectivity index (χ3n) is 12.3. The molecule has 0 spiro atoms. The summed E-state index contributed by atoms with van der Waals surface area (Å²) in [6.45, 7) is 9.35. The van der Waals surface area contributed by atoms with Crippen molar-refractivity contribution < 1.29 is 82.9 Å². The average Bonchev–Trinajstić information content (AvgIpc) is 3.18. The molecule has 19 atom stereocenters. The first-order chi connectivity index (χ1) is 27.7. The normalized spacial score (nSPS) is 44.1. The zero-order valence-electron chi connectivity index (χ0n) is 36.8. The number of carbonyl (C=O) groups is 2. The predicted octanol–water partition coefficient (Wildman–Crippen LogP) is 0.148. The highest BCUT2D eigenvalue weighted by atomic mass is 16.7. The number of nitrogens with zero attached hydrogens (tertiary/aromatic N) is 1. The van der Waals surface area contributed by atoms with Crippen molar-refractivity contribution in [3.05, 3.63) is 12.2 Å². The van der Waals surface area contributed by atoms with Crippen LogP contribution in [-0.4, -0.2) is 194 Å². The molecule has 59 heavy (non-hydrogen) atoms. The Labute approximate surface area is 349 Å². The third kappa shape index (κ3) is 12.9. The van der Waals surface area contributed by atoms with E-state index in [2.05, 4.69) is 0 Å². The van der Waals surface area contributed by atoms with Crippen molar-refractivity contribution in [2.45, 2.75) is 165 Å². The van der Waals surface area contributed by atoms with Gasteiger partial charge in [-0.25, -0.2) is 0 Å². The van der Waals surface area contributed by atoms with Crippen LogP contribution in [0.15, 0.2) is 12.2 Å². The summed E-state index contributed by atoms with van der Waals surface area (Å²) in [5, 5.41) is 68.3. The van der Waals surface area contributed by atoms with E-state index in [-0.39, 0.29) is 25.9 Å². The van der Waals surface area contributed by atoms with Gasteiger partial charge in [0.05, 0.1) is 55.7 Å². The summed E-state index contributed by atoms with van der Waals surface area (Å²) in [4.78, 5) is 29.3. The molecule has 344 valence electrons. The van der Waals surface area contributed by atoms with Crippen molar-refractivity contribution in [3.8, 4) is 0 Å². The van der Waals surface area contributed by atoms with E-state index in [0.717, 1.165) is 0 Å². The third-order valence-corrected chi connectivity index (χ3v) is 12.3.